The average Bonchev–Trinajstić information content (AvgIpc) is 2.84. The van der Waals surface area contributed by atoms with Crippen molar-refractivity contribution in [2.45, 2.75) is 58.1 Å². The van der Waals surface area contributed by atoms with Crippen LogP contribution in [0.25, 0.3) is 0 Å². The average molecular weight is 307 g/mol. The predicted octanol–water partition coefficient (Wildman–Crippen LogP) is 2.78. The maximum absolute atomic E-state index is 12.3. The Labute approximate surface area is 131 Å². The number of nitrogens with zero attached hydrogens (tertiary/aromatic N) is 3. The Morgan fingerprint density at radius 2 is 2.09 bits per heavy atom. The highest BCUT2D eigenvalue weighted by atomic mass is 16.6. The summed E-state index contributed by atoms with van der Waals surface area (Å²) in [6.45, 7) is 6.21. The number of likely N-dealkylation sites (tertiary alicyclic amines) is 1. The third-order valence-electron chi connectivity index (χ3n) is 3.70. The summed E-state index contributed by atoms with van der Waals surface area (Å²) in [5.41, 5.74) is 0.0733. The van der Waals surface area contributed by atoms with Crippen molar-refractivity contribution in [2.75, 3.05) is 6.54 Å². The van der Waals surface area contributed by atoms with Crippen LogP contribution in [-0.4, -0.2) is 44.7 Å². The molecule has 1 aromatic heterocycles. The van der Waals surface area contributed by atoms with E-state index >= 15 is 0 Å². The van der Waals surface area contributed by atoms with Crippen LogP contribution >= 0.6 is 0 Å². The molecule has 0 radical (unpaired) electrons. The van der Waals surface area contributed by atoms with Gasteiger partial charge in [-0.25, -0.2) is 4.79 Å². The number of hydrogen-bond donors (Lipinski definition) is 0. The minimum atomic E-state index is -0.521. The molecule has 1 aromatic rings. The molecule has 6 nitrogen and oxygen atoms in total. The molecule has 1 amide bonds. The topological polar surface area (TPSA) is 64.4 Å². The largest absolute Gasteiger partial charge is 0.444 e. The third kappa shape index (κ3) is 4.32. The Morgan fingerprint density at radius 3 is 2.68 bits per heavy atom. The van der Waals surface area contributed by atoms with Crippen LogP contribution in [0.5, 0.6) is 0 Å². The van der Waals surface area contributed by atoms with Gasteiger partial charge >= 0.3 is 6.09 Å². The van der Waals surface area contributed by atoms with Crippen molar-refractivity contribution < 1.29 is 14.3 Å². The lowest BCUT2D eigenvalue weighted by molar-refractivity contribution is 0.00946. The van der Waals surface area contributed by atoms with E-state index in [0.717, 1.165) is 19.3 Å². The van der Waals surface area contributed by atoms with Gasteiger partial charge in [-0.05, 0) is 40.0 Å². The second-order valence-corrected chi connectivity index (χ2v) is 6.85. The summed E-state index contributed by atoms with van der Waals surface area (Å²) < 4.78 is 7.07. The van der Waals surface area contributed by atoms with Crippen LogP contribution in [0.3, 0.4) is 0 Å². The van der Waals surface area contributed by atoms with Crippen molar-refractivity contribution >= 4 is 11.9 Å². The first-order valence-corrected chi connectivity index (χ1v) is 7.78. The van der Waals surface area contributed by atoms with Gasteiger partial charge in [-0.1, -0.05) is 0 Å². The quantitative estimate of drug-likeness (QED) is 0.805. The molecule has 1 aliphatic rings. The number of amides is 1. The van der Waals surface area contributed by atoms with Gasteiger partial charge in [0.25, 0.3) is 0 Å². The first-order chi connectivity index (χ1) is 10.3. The highest BCUT2D eigenvalue weighted by molar-refractivity contribution is 5.96. The van der Waals surface area contributed by atoms with Crippen LogP contribution in [0, 0.1) is 0 Å². The molecule has 0 saturated carbocycles. The molecule has 0 bridgehead atoms. The molecule has 1 atom stereocenters. The van der Waals surface area contributed by atoms with Crippen molar-refractivity contribution in [1.82, 2.24) is 14.7 Å². The van der Waals surface area contributed by atoms with Crippen LogP contribution < -0.4 is 0 Å². The van der Waals surface area contributed by atoms with Crippen molar-refractivity contribution in [1.29, 1.82) is 0 Å². The summed E-state index contributed by atoms with van der Waals surface area (Å²) >= 11 is 0. The van der Waals surface area contributed by atoms with Gasteiger partial charge in [-0.15, -0.1) is 0 Å². The fraction of sp³-hybridized carbons (Fsp3) is 0.688. The van der Waals surface area contributed by atoms with Gasteiger partial charge in [0.1, 0.15) is 5.60 Å². The number of hydrogen-bond acceptors (Lipinski definition) is 4. The van der Waals surface area contributed by atoms with Gasteiger partial charge in [0.15, 0.2) is 5.78 Å². The lowest BCUT2D eigenvalue weighted by Crippen LogP contribution is -2.46. The van der Waals surface area contributed by atoms with Gasteiger partial charge in [0, 0.05) is 32.3 Å². The molecule has 1 saturated heterocycles. The summed E-state index contributed by atoms with van der Waals surface area (Å²) in [7, 11) is 1.78. The monoisotopic (exact) mass is 307 g/mol. The molecule has 1 unspecified atom stereocenters. The van der Waals surface area contributed by atoms with E-state index in [1.165, 1.54) is 0 Å². The van der Waals surface area contributed by atoms with Crippen molar-refractivity contribution in [3.8, 4) is 0 Å². The van der Waals surface area contributed by atoms with Crippen molar-refractivity contribution in [3.63, 3.8) is 0 Å². The van der Waals surface area contributed by atoms with Crippen LogP contribution in [0.4, 0.5) is 4.79 Å². The Balaban J connectivity index is 2.03. The number of rotatable bonds is 3. The number of carbonyl (C=O) groups is 2. The Kier molecular flexibility index (Phi) is 4.88. The number of ketones is 1. The first-order valence-electron chi connectivity index (χ1n) is 7.78. The molecule has 2 rings (SSSR count). The molecule has 2 heterocycles. The maximum Gasteiger partial charge on any atom is 0.410 e. The van der Waals surface area contributed by atoms with E-state index in [1.807, 2.05) is 20.8 Å². The number of aromatic nitrogens is 2. The summed E-state index contributed by atoms with van der Waals surface area (Å²) in [6.07, 6.45) is 6.11. The molecular formula is C16H25N3O3. The van der Waals surface area contributed by atoms with Crippen molar-refractivity contribution in [3.05, 3.63) is 18.0 Å². The lowest BCUT2D eigenvalue weighted by Gasteiger charge is -2.36. The van der Waals surface area contributed by atoms with Gasteiger partial charge in [0.05, 0.1) is 11.8 Å². The zero-order valence-electron chi connectivity index (χ0n) is 13.8. The minimum Gasteiger partial charge on any atom is -0.444 e. The van der Waals surface area contributed by atoms with Crippen molar-refractivity contribution in [2.24, 2.45) is 7.05 Å². The van der Waals surface area contributed by atoms with E-state index in [-0.39, 0.29) is 17.9 Å². The maximum atomic E-state index is 12.3. The van der Waals surface area contributed by atoms with E-state index in [2.05, 4.69) is 5.10 Å². The molecule has 22 heavy (non-hydrogen) atoms. The molecule has 0 aliphatic carbocycles. The summed E-state index contributed by atoms with van der Waals surface area (Å²) in [4.78, 5) is 26.4. The number of Topliss-reactive ketones (excluding diaryl/α,β-unsaturated/α-hetero) is 1. The molecule has 1 fully saturated rings. The van der Waals surface area contributed by atoms with Crippen LogP contribution in [0.1, 0.15) is 56.8 Å². The Hall–Kier alpha value is -1.85. The fourth-order valence-electron chi connectivity index (χ4n) is 2.67. The second kappa shape index (κ2) is 6.50. The van der Waals surface area contributed by atoms with E-state index < -0.39 is 5.60 Å². The molecule has 6 heteroatoms. The highest BCUT2D eigenvalue weighted by Gasteiger charge is 2.32. The van der Waals surface area contributed by atoms with Gasteiger partial charge in [-0.2, -0.15) is 5.10 Å². The van der Waals surface area contributed by atoms with Crippen LogP contribution in [0.2, 0.25) is 0 Å². The number of ether oxygens (including phenoxy) is 1. The minimum absolute atomic E-state index is 0.0218. The third-order valence-corrected chi connectivity index (χ3v) is 3.70. The zero-order chi connectivity index (χ0) is 16.3. The fourth-order valence-corrected chi connectivity index (χ4v) is 2.67. The van der Waals surface area contributed by atoms with Gasteiger partial charge in [0.2, 0.25) is 0 Å². The molecule has 122 valence electrons. The lowest BCUT2D eigenvalue weighted by atomic mass is 9.96. The zero-order valence-corrected chi connectivity index (χ0v) is 13.8. The summed E-state index contributed by atoms with van der Waals surface area (Å²) in [6, 6.07) is -0.0868. The van der Waals surface area contributed by atoms with E-state index in [4.69, 9.17) is 4.74 Å². The highest BCUT2D eigenvalue weighted by Crippen LogP contribution is 2.23. The Morgan fingerprint density at radius 1 is 1.36 bits per heavy atom. The van der Waals surface area contributed by atoms with Gasteiger partial charge in [-0.3, -0.25) is 9.48 Å². The predicted molar refractivity (Wildman–Crippen MR) is 82.7 cm³/mol. The van der Waals surface area contributed by atoms with Gasteiger partial charge < -0.3 is 9.64 Å². The molecule has 0 aromatic carbocycles. The number of piperidine rings is 1. The van der Waals surface area contributed by atoms with E-state index in [1.54, 1.807) is 29.0 Å². The Bertz CT molecular complexity index is 545. The standard InChI is InChI=1S/C16H25N3O3/c1-16(2,3)22-15(21)19-8-6-5-7-13(19)9-14(20)12-10-17-18(4)11-12/h10-11,13H,5-9H2,1-4H3. The van der Waals surface area contributed by atoms with Crippen LogP contribution in [-0.2, 0) is 11.8 Å². The normalized spacial score (nSPS) is 19.1. The number of aryl methyl sites for hydroxylation is 1. The molecule has 1 aliphatic heterocycles. The summed E-state index contributed by atoms with van der Waals surface area (Å²) in [5, 5.41) is 4.02. The second-order valence-electron chi connectivity index (χ2n) is 6.85. The van der Waals surface area contributed by atoms with E-state index in [0.29, 0.717) is 18.5 Å². The summed E-state index contributed by atoms with van der Waals surface area (Å²) in [5.74, 6) is 0.0218. The van der Waals surface area contributed by atoms with Crippen LogP contribution in [0.15, 0.2) is 12.4 Å². The number of carbonyl (C=O) groups excluding carboxylic acids is 2. The molecule has 0 N–H and O–H groups in total. The smallest absolute Gasteiger partial charge is 0.410 e. The van der Waals surface area contributed by atoms with E-state index in [9.17, 15) is 9.59 Å². The molecule has 0 spiro atoms. The molecular weight excluding hydrogens is 282 g/mol. The first kappa shape index (κ1) is 16.5. The SMILES string of the molecule is Cn1cc(C(=O)CC2CCCCN2C(=O)OC(C)(C)C)cn1.